The van der Waals surface area contributed by atoms with E-state index in [1.54, 1.807) is 60.8 Å². The zero-order valence-corrected chi connectivity index (χ0v) is 17.2. The number of imide groups is 1. The third kappa shape index (κ3) is 3.41. The van der Waals surface area contributed by atoms with Gasteiger partial charge in [0.25, 0.3) is 11.8 Å². The molecule has 1 N–H and O–H groups in total. The Kier molecular flexibility index (Phi) is 4.95. The molecule has 3 aromatic rings. The molecule has 3 heterocycles. The first-order chi connectivity index (χ1) is 15.7. The number of amides is 2. The second-order valence-electron chi connectivity index (χ2n) is 7.16. The number of hydrogen-bond donors (Lipinski definition) is 1. The SMILES string of the molecule is COc1ccccc1C1=C(Nc2ccc3c(c2)OCO3)C(=O)N(Cc2ccccn2)C1=O. The fraction of sp³-hybridized carbons (Fsp3) is 0.125. The maximum atomic E-state index is 13.5. The van der Waals surface area contributed by atoms with Gasteiger partial charge in [0, 0.05) is 23.5 Å². The molecule has 0 fully saturated rings. The van der Waals surface area contributed by atoms with Crippen molar-refractivity contribution < 1.29 is 23.8 Å². The molecular formula is C24H19N3O5. The quantitative estimate of drug-likeness (QED) is 0.602. The molecule has 0 radical (unpaired) electrons. The zero-order chi connectivity index (χ0) is 22.1. The van der Waals surface area contributed by atoms with Crippen LogP contribution < -0.4 is 19.5 Å². The van der Waals surface area contributed by atoms with Crippen molar-refractivity contribution in [1.29, 1.82) is 0 Å². The largest absolute Gasteiger partial charge is 0.496 e. The van der Waals surface area contributed by atoms with E-state index in [0.717, 1.165) is 0 Å². The van der Waals surface area contributed by atoms with Crippen LogP contribution in [-0.2, 0) is 16.1 Å². The van der Waals surface area contributed by atoms with E-state index in [9.17, 15) is 9.59 Å². The van der Waals surface area contributed by atoms with E-state index in [4.69, 9.17) is 14.2 Å². The molecule has 0 spiro atoms. The van der Waals surface area contributed by atoms with Gasteiger partial charge in [0.15, 0.2) is 11.5 Å². The molecule has 0 saturated carbocycles. The normalized spacial score (nSPS) is 14.8. The maximum absolute atomic E-state index is 13.5. The molecule has 5 rings (SSSR count). The first-order valence-corrected chi connectivity index (χ1v) is 9.96. The number of aromatic nitrogens is 1. The van der Waals surface area contributed by atoms with E-state index in [2.05, 4.69) is 10.3 Å². The number of pyridine rings is 1. The highest BCUT2D eigenvalue weighted by molar-refractivity contribution is 6.36. The van der Waals surface area contributed by atoms with Crippen molar-refractivity contribution in [2.24, 2.45) is 0 Å². The standard InChI is InChI=1S/C24H19N3O5/c1-30-18-8-3-2-7-17(18)21-22(26-15-9-10-19-20(12-15)32-14-31-19)24(29)27(23(21)28)13-16-6-4-5-11-25-16/h2-12,26H,13-14H2,1H3. The van der Waals surface area contributed by atoms with E-state index >= 15 is 0 Å². The summed E-state index contributed by atoms with van der Waals surface area (Å²) >= 11 is 0. The zero-order valence-electron chi connectivity index (χ0n) is 17.2. The molecule has 2 aromatic carbocycles. The minimum absolute atomic E-state index is 0.0590. The number of benzene rings is 2. The lowest BCUT2D eigenvalue weighted by molar-refractivity contribution is -0.137. The first kappa shape index (κ1) is 19.6. The van der Waals surface area contributed by atoms with E-state index in [1.165, 1.54) is 12.0 Å². The van der Waals surface area contributed by atoms with Gasteiger partial charge >= 0.3 is 0 Å². The number of para-hydroxylation sites is 1. The lowest BCUT2D eigenvalue weighted by Gasteiger charge is -2.15. The summed E-state index contributed by atoms with van der Waals surface area (Å²) in [6.45, 7) is 0.201. The number of rotatable bonds is 6. The van der Waals surface area contributed by atoms with Crippen LogP contribution in [-0.4, -0.2) is 35.6 Å². The number of carbonyl (C=O) groups is 2. The fourth-order valence-electron chi connectivity index (χ4n) is 3.71. The molecule has 160 valence electrons. The number of hydrogen-bond acceptors (Lipinski definition) is 7. The van der Waals surface area contributed by atoms with Gasteiger partial charge in [-0.05, 0) is 30.3 Å². The van der Waals surface area contributed by atoms with Crippen LogP contribution in [0.3, 0.4) is 0 Å². The number of ether oxygens (including phenoxy) is 3. The summed E-state index contributed by atoms with van der Waals surface area (Å²) in [7, 11) is 1.53. The van der Waals surface area contributed by atoms with Crippen LogP contribution in [0, 0.1) is 0 Å². The molecule has 0 unspecified atom stereocenters. The van der Waals surface area contributed by atoms with Crippen LogP contribution in [0.1, 0.15) is 11.3 Å². The van der Waals surface area contributed by atoms with E-state index in [1.807, 2.05) is 6.07 Å². The monoisotopic (exact) mass is 429 g/mol. The predicted octanol–water partition coefficient (Wildman–Crippen LogP) is 3.21. The third-order valence-corrected chi connectivity index (χ3v) is 5.23. The summed E-state index contributed by atoms with van der Waals surface area (Å²) in [5, 5.41) is 3.12. The van der Waals surface area contributed by atoms with Gasteiger partial charge < -0.3 is 19.5 Å². The van der Waals surface area contributed by atoms with Crippen LogP contribution in [0.15, 0.2) is 72.6 Å². The Labute approximate surface area is 184 Å². The average molecular weight is 429 g/mol. The van der Waals surface area contributed by atoms with Gasteiger partial charge in [0.1, 0.15) is 11.4 Å². The highest BCUT2D eigenvalue weighted by Gasteiger charge is 2.40. The van der Waals surface area contributed by atoms with Gasteiger partial charge in [-0.1, -0.05) is 24.3 Å². The van der Waals surface area contributed by atoms with Gasteiger partial charge in [-0.2, -0.15) is 0 Å². The molecular weight excluding hydrogens is 410 g/mol. The third-order valence-electron chi connectivity index (χ3n) is 5.23. The van der Waals surface area contributed by atoms with Crippen LogP contribution in [0.25, 0.3) is 5.57 Å². The predicted molar refractivity (Wildman–Crippen MR) is 116 cm³/mol. The number of anilines is 1. The topological polar surface area (TPSA) is 90.0 Å². The Balaban J connectivity index is 1.57. The molecule has 0 bridgehead atoms. The second kappa shape index (κ2) is 8.07. The van der Waals surface area contributed by atoms with Crippen molar-refractivity contribution in [3.05, 3.63) is 83.8 Å². The highest BCUT2D eigenvalue weighted by atomic mass is 16.7. The first-order valence-electron chi connectivity index (χ1n) is 9.96. The van der Waals surface area contributed by atoms with Crippen LogP contribution >= 0.6 is 0 Å². The van der Waals surface area contributed by atoms with E-state index < -0.39 is 11.8 Å². The lowest BCUT2D eigenvalue weighted by atomic mass is 10.0. The number of fused-ring (bicyclic) bond motifs is 1. The van der Waals surface area contributed by atoms with Gasteiger partial charge in [-0.3, -0.25) is 19.5 Å². The maximum Gasteiger partial charge on any atom is 0.278 e. The van der Waals surface area contributed by atoms with Gasteiger partial charge in [0.2, 0.25) is 6.79 Å². The summed E-state index contributed by atoms with van der Waals surface area (Å²) in [6.07, 6.45) is 1.63. The van der Waals surface area contributed by atoms with Crippen molar-refractivity contribution in [3.63, 3.8) is 0 Å². The molecule has 8 nitrogen and oxygen atoms in total. The molecule has 32 heavy (non-hydrogen) atoms. The molecule has 0 atom stereocenters. The van der Waals surface area contributed by atoms with Gasteiger partial charge in [-0.25, -0.2) is 0 Å². The highest BCUT2D eigenvalue weighted by Crippen LogP contribution is 2.38. The summed E-state index contributed by atoms with van der Waals surface area (Å²) in [4.78, 5) is 32.3. The Morgan fingerprint density at radius 3 is 2.62 bits per heavy atom. The molecule has 8 heteroatoms. The number of carbonyl (C=O) groups excluding carboxylic acids is 2. The smallest absolute Gasteiger partial charge is 0.278 e. The van der Waals surface area contributed by atoms with E-state index in [-0.39, 0.29) is 24.6 Å². The summed E-state index contributed by atoms with van der Waals surface area (Å²) in [5.41, 5.74) is 2.13. The lowest BCUT2D eigenvalue weighted by Crippen LogP contribution is -2.32. The molecule has 1 aromatic heterocycles. The second-order valence-corrected chi connectivity index (χ2v) is 7.16. The van der Waals surface area contributed by atoms with Crippen molar-refractivity contribution in [2.75, 3.05) is 19.2 Å². The Morgan fingerprint density at radius 1 is 1.00 bits per heavy atom. The molecule has 0 aliphatic carbocycles. The van der Waals surface area contributed by atoms with Crippen molar-refractivity contribution in [1.82, 2.24) is 9.88 Å². The molecule has 2 aliphatic rings. The van der Waals surface area contributed by atoms with E-state index in [0.29, 0.717) is 34.2 Å². The Morgan fingerprint density at radius 2 is 1.81 bits per heavy atom. The van der Waals surface area contributed by atoms with Crippen molar-refractivity contribution in [3.8, 4) is 17.2 Å². The molecule has 2 aliphatic heterocycles. The molecule has 2 amide bonds. The van der Waals surface area contributed by atoms with Crippen molar-refractivity contribution in [2.45, 2.75) is 6.54 Å². The number of methoxy groups -OCH3 is 1. The summed E-state index contributed by atoms with van der Waals surface area (Å²) in [5.74, 6) is 0.817. The minimum atomic E-state index is -0.445. The van der Waals surface area contributed by atoms with Crippen LogP contribution in [0.5, 0.6) is 17.2 Å². The molecule has 0 saturated heterocycles. The summed E-state index contributed by atoms with van der Waals surface area (Å²) in [6, 6.07) is 17.7. The minimum Gasteiger partial charge on any atom is -0.496 e. The fourth-order valence-corrected chi connectivity index (χ4v) is 3.71. The number of nitrogens with one attached hydrogen (secondary N) is 1. The van der Waals surface area contributed by atoms with Crippen LogP contribution in [0.2, 0.25) is 0 Å². The number of nitrogens with zero attached hydrogens (tertiary/aromatic N) is 2. The van der Waals surface area contributed by atoms with Gasteiger partial charge in [0.05, 0.1) is 24.9 Å². The average Bonchev–Trinajstić information content (AvgIpc) is 3.38. The van der Waals surface area contributed by atoms with Crippen molar-refractivity contribution >= 4 is 23.1 Å². The Hall–Kier alpha value is -4.33. The summed E-state index contributed by atoms with van der Waals surface area (Å²) < 4.78 is 16.2. The van der Waals surface area contributed by atoms with Gasteiger partial charge in [-0.15, -0.1) is 0 Å². The Bertz CT molecular complexity index is 1240. The van der Waals surface area contributed by atoms with Crippen LogP contribution in [0.4, 0.5) is 5.69 Å².